The van der Waals surface area contributed by atoms with Crippen LogP contribution in [0.15, 0.2) is 11.6 Å². The Bertz CT molecular complexity index is 632. The first-order valence-corrected chi connectivity index (χ1v) is 10.1. The summed E-state index contributed by atoms with van der Waals surface area (Å²) in [6.45, 7) is 1.77. The molecule has 0 aromatic carbocycles. The van der Waals surface area contributed by atoms with Gasteiger partial charge < -0.3 is 15.1 Å². The van der Waals surface area contributed by atoms with Gasteiger partial charge in [-0.15, -0.1) is 0 Å². The van der Waals surface area contributed by atoms with Crippen molar-refractivity contribution in [2.45, 2.75) is 88.9 Å². The molecule has 0 spiro atoms. The second-order valence-electron chi connectivity index (χ2n) is 8.19. The highest BCUT2D eigenvalue weighted by atomic mass is 16.4. The fourth-order valence-corrected chi connectivity index (χ4v) is 5.15. The summed E-state index contributed by atoms with van der Waals surface area (Å²) in [6.07, 6.45) is 9.27. The highest BCUT2D eigenvalue weighted by Gasteiger charge is 2.48. The van der Waals surface area contributed by atoms with Crippen LogP contribution in [0.3, 0.4) is 0 Å². The molecule has 3 N–H and O–H groups in total. The minimum Gasteiger partial charge on any atom is -0.480 e. The largest absolute Gasteiger partial charge is 0.480 e. The molecule has 0 aromatic heterocycles. The van der Waals surface area contributed by atoms with Gasteiger partial charge in [0.2, 0.25) is 5.91 Å². The summed E-state index contributed by atoms with van der Waals surface area (Å²) >= 11 is 0. The molecule has 3 rings (SSSR count). The molecule has 2 aliphatic carbocycles. The van der Waals surface area contributed by atoms with Crippen molar-refractivity contribution in [2.75, 3.05) is 0 Å². The van der Waals surface area contributed by atoms with E-state index in [2.05, 4.69) is 5.32 Å². The lowest BCUT2D eigenvalue weighted by atomic mass is 9.84. The summed E-state index contributed by atoms with van der Waals surface area (Å²) < 4.78 is 0. The van der Waals surface area contributed by atoms with E-state index in [4.69, 9.17) is 5.11 Å². The van der Waals surface area contributed by atoms with E-state index >= 15 is 0 Å². The van der Waals surface area contributed by atoms with Crippen molar-refractivity contribution < 1.29 is 24.6 Å². The van der Waals surface area contributed by atoms with Crippen LogP contribution in [-0.4, -0.2) is 57.1 Å². The molecule has 1 aliphatic heterocycles. The molecule has 5 atom stereocenters. The average molecular weight is 378 g/mol. The highest BCUT2D eigenvalue weighted by Crippen LogP contribution is 2.40. The molecular formula is C20H30N2O5. The van der Waals surface area contributed by atoms with Crippen LogP contribution in [0.1, 0.15) is 64.7 Å². The summed E-state index contributed by atoms with van der Waals surface area (Å²) in [5, 5.41) is 22.0. The van der Waals surface area contributed by atoms with Crippen molar-refractivity contribution in [3.8, 4) is 0 Å². The molecule has 2 saturated carbocycles. The van der Waals surface area contributed by atoms with Crippen LogP contribution in [-0.2, 0) is 14.4 Å². The van der Waals surface area contributed by atoms with E-state index in [-0.39, 0.29) is 23.9 Å². The third-order valence-electron chi connectivity index (χ3n) is 6.41. The number of fused-ring (bicyclic) bond motifs is 1. The number of likely N-dealkylation sites (tertiary alicyclic amines) is 1. The molecule has 1 heterocycles. The number of carboxylic acid groups (broad SMARTS) is 2. The Morgan fingerprint density at radius 1 is 1.11 bits per heavy atom. The zero-order chi connectivity index (χ0) is 19.6. The number of carbonyl (C=O) groups is 3. The zero-order valence-electron chi connectivity index (χ0n) is 15.9. The molecular weight excluding hydrogens is 348 g/mol. The number of carbonyl (C=O) groups excluding carboxylic acids is 1. The van der Waals surface area contributed by atoms with E-state index in [1.165, 1.54) is 6.08 Å². The maximum atomic E-state index is 13.2. The fraction of sp³-hybridized carbons (Fsp3) is 0.750. The van der Waals surface area contributed by atoms with Crippen molar-refractivity contribution in [1.82, 2.24) is 10.2 Å². The Kier molecular flexibility index (Phi) is 6.19. The van der Waals surface area contributed by atoms with Gasteiger partial charge in [0.25, 0.3) is 0 Å². The number of carboxylic acids is 2. The van der Waals surface area contributed by atoms with Crippen LogP contribution in [0, 0.1) is 5.92 Å². The standard InChI is InChI=1S/C20H30N2O5/c1-12(21-15-8-4-2-6-13(15)11-18(23)24)19(25)22-16-9-5-3-7-14(16)10-17(22)20(26)27/h11-12,14-17,21H,2-10H2,1H3,(H,23,24)(H,26,27)/t12?,14?,15-,16?,17?/m1/s1. The number of hydrogen-bond acceptors (Lipinski definition) is 4. The number of amides is 1. The van der Waals surface area contributed by atoms with Crippen molar-refractivity contribution in [1.29, 1.82) is 0 Å². The predicted octanol–water partition coefficient (Wildman–Crippen LogP) is 2.16. The maximum absolute atomic E-state index is 13.2. The molecule has 0 radical (unpaired) electrons. The number of nitrogens with zero attached hydrogens (tertiary/aromatic N) is 1. The van der Waals surface area contributed by atoms with Gasteiger partial charge in [-0.2, -0.15) is 0 Å². The van der Waals surface area contributed by atoms with Crippen molar-refractivity contribution in [3.63, 3.8) is 0 Å². The molecule has 7 nitrogen and oxygen atoms in total. The van der Waals surface area contributed by atoms with Crippen LogP contribution in [0.4, 0.5) is 0 Å². The molecule has 4 unspecified atom stereocenters. The van der Waals surface area contributed by atoms with Crippen LogP contribution < -0.4 is 5.32 Å². The first kappa shape index (κ1) is 19.9. The molecule has 3 aliphatic rings. The van der Waals surface area contributed by atoms with Gasteiger partial charge in [-0.05, 0) is 56.9 Å². The smallest absolute Gasteiger partial charge is 0.328 e. The van der Waals surface area contributed by atoms with Crippen LogP contribution in [0.25, 0.3) is 0 Å². The lowest BCUT2D eigenvalue weighted by Gasteiger charge is -2.36. The summed E-state index contributed by atoms with van der Waals surface area (Å²) in [6, 6.07) is -1.39. The Hall–Kier alpha value is -1.89. The van der Waals surface area contributed by atoms with E-state index in [1.54, 1.807) is 11.8 Å². The SMILES string of the molecule is CC(N[C@@H]1CCCCC1=CC(=O)O)C(=O)N1C(C(=O)O)CC2CCCCC21. The van der Waals surface area contributed by atoms with Gasteiger partial charge in [-0.3, -0.25) is 10.1 Å². The van der Waals surface area contributed by atoms with Crippen molar-refractivity contribution in [3.05, 3.63) is 11.6 Å². The van der Waals surface area contributed by atoms with Gasteiger partial charge >= 0.3 is 11.9 Å². The van der Waals surface area contributed by atoms with Crippen LogP contribution >= 0.6 is 0 Å². The molecule has 0 bridgehead atoms. The first-order chi connectivity index (χ1) is 12.9. The van der Waals surface area contributed by atoms with E-state index in [0.29, 0.717) is 6.42 Å². The minimum absolute atomic E-state index is 0.0250. The molecule has 0 aromatic rings. The summed E-state index contributed by atoms with van der Waals surface area (Å²) in [4.78, 5) is 37.6. The van der Waals surface area contributed by atoms with E-state index in [1.807, 2.05) is 0 Å². The predicted molar refractivity (Wildman–Crippen MR) is 99.2 cm³/mol. The number of hydrogen-bond donors (Lipinski definition) is 3. The third-order valence-corrected chi connectivity index (χ3v) is 6.41. The van der Waals surface area contributed by atoms with Gasteiger partial charge in [0, 0.05) is 18.2 Å². The van der Waals surface area contributed by atoms with Gasteiger partial charge in [-0.1, -0.05) is 19.3 Å². The Morgan fingerprint density at radius 2 is 1.81 bits per heavy atom. The van der Waals surface area contributed by atoms with Gasteiger partial charge in [0.15, 0.2) is 0 Å². The fourth-order valence-electron chi connectivity index (χ4n) is 5.15. The molecule has 27 heavy (non-hydrogen) atoms. The average Bonchev–Trinajstić information content (AvgIpc) is 3.02. The topological polar surface area (TPSA) is 107 Å². The lowest BCUT2D eigenvalue weighted by Crippen LogP contribution is -2.55. The summed E-state index contributed by atoms with van der Waals surface area (Å²) in [5.41, 5.74) is 0.820. The number of rotatable bonds is 5. The minimum atomic E-state index is -0.965. The normalized spacial score (nSPS) is 33.5. The zero-order valence-corrected chi connectivity index (χ0v) is 15.9. The lowest BCUT2D eigenvalue weighted by molar-refractivity contribution is -0.150. The van der Waals surface area contributed by atoms with Crippen LogP contribution in [0.5, 0.6) is 0 Å². The molecule has 3 fully saturated rings. The monoisotopic (exact) mass is 378 g/mol. The van der Waals surface area contributed by atoms with E-state index < -0.39 is 24.0 Å². The van der Waals surface area contributed by atoms with Crippen molar-refractivity contribution >= 4 is 17.8 Å². The van der Waals surface area contributed by atoms with Crippen molar-refractivity contribution in [2.24, 2.45) is 5.92 Å². The number of aliphatic carboxylic acids is 2. The first-order valence-electron chi connectivity index (χ1n) is 10.1. The Balaban J connectivity index is 1.73. The summed E-state index contributed by atoms with van der Waals surface area (Å²) in [5.74, 6) is -1.77. The molecule has 7 heteroatoms. The molecule has 1 saturated heterocycles. The quantitative estimate of drug-likeness (QED) is 0.633. The van der Waals surface area contributed by atoms with E-state index in [0.717, 1.165) is 56.9 Å². The molecule has 1 amide bonds. The highest BCUT2D eigenvalue weighted by molar-refractivity contribution is 5.88. The second-order valence-corrected chi connectivity index (χ2v) is 8.19. The van der Waals surface area contributed by atoms with E-state index in [9.17, 15) is 19.5 Å². The third kappa shape index (κ3) is 4.34. The van der Waals surface area contributed by atoms with Gasteiger partial charge in [-0.25, -0.2) is 9.59 Å². The maximum Gasteiger partial charge on any atom is 0.328 e. The second kappa shape index (κ2) is 8.42. The number of nitrogens with one attached hydrogen (secondary N) is 1. The van der Waals surface area contributed by atoms with Gasteiger partial charge in [0.1, 0.15) is 6.04 Å². The van der Waals surface area contributed by atoms with Gasteiger partial charge in [0.05, 0.1) is 6.04 Å². The summed E-state index contributed by atoms with van der Waals surface area (Å²) in [7, 11) is 0. The Morgan fingerprint density at radius 3 is 2.52 bits per heavy atom. The Labute approximate surface area is 159 Å². The molecule has 150 valence electrons. The van der Waals surface area contributed by atoms with Crippen LogP contribution in [0.2, 0.25) is 0 Å².